The van der Waals surface area contributed by atoms with Crippen LogP contribution < -0.4 is 5.32 Å². The predicted octanol–water partition coefficient (Wildman–Crippen LogP) is 3.66. The smallest absolute Gasteiger partial charge is 0.326 e. The van der Waals surface area contributed by atoms with Crippen LogP contribution in [0, 0.1) is 23.2 Å². The molecular weight excluding hydrogens is 564 g/mol. The molecule has 3 heterocycles. The van der Waals surface area contributed by atoms with Gasteiger partial charge in [0.25, 0.3) is 0 Å². The van der Waals surface area contributed by atoms with Gasteiger partial charge in [-0.25, -0.2) is 9.78 Å². The highest BCUT2D eigenvalue weighted by Gasteiger charge is 2.45. The van der Waals surface area contributed by atoms with E-state index in [9.17, 15) is 24.8 Å². The van der Waals surface area contributed by atoms with Gasteiger partial charge < -0.3 is 20.3 Å². The Labute approximate surface area is 258 Å². The van der Waals surface area contributed by atoms with Gasteiger partial charge in [0.1, 0.15) is 6.04 Å². The fraction of sp³-hybridized carbons (Fsp3) is 0.594. The first kappa shape index (κ1) is 32.6. The first-order valence-electron chi connectivity index (χ1n) is 15.3. The molecule has 3 unspecified atom stereocenters. The van der Waals surface area contributed by atoms with Gasteiger partial charge in [0.15, 0.2) is 0 Å². The molecule has 0 saturated carbocycles. The Kier molecular flexibility index (Phi) is 11.7. The number of nitriles is 1. The van der Waals surface area contributed by atoms with Crippen LogP contribution in [0.4, 0.5) is 0 Å². The van der Waals surface area contributed by atoms with Crippen molar-refractivity contribution < 1.29 is 19.5 Å². The Morgan fingerprint density at radius 1 is 1.16 bits per heavy atom. The van der Waals surface area contributed by atoms with E-state index in [1.54, 1.807) is 36.4 Å². The van der Waals surface area contributed by atoms with Crippen molar-refractivity contribution in [2.75, 3.05) is 31.6 Å². The lowest BCUT2D eigenvalue weighted by Gasteiger charge is -2.36. The first-order chi connectivity index (χ1) is 20.8. The van der Waals surface area contributed by atoms with Crippen molar-refractivity contribution in [1.82, 2.24) is 25.1 Å². The molecule has 2 fully saturated rings. The number of amides is 2. The lowest BCUT2D eigenvalue weighted by molar-refractivity contribution is -0.143. The third kappa shape index (κ3) is 7.78. The van der Waals surface area contributed by atoms with E-state index in [2.05, 4.69) is 40.1 Å². The van der Waals surface area contributed by atoms with Crippen molar-refractivity contribution in [2.24, 2.45) is 11.8 Å². The molecule has 0 bridgehead atoms. The molecule has 4 rings (SSSR count). The zero-order chi connectivity index (χ0) is 30.9. The summed E-state index contributed by atoms with van der Waals surface area (Å²) < 4.78 is 0. The van der Waals surface area contributed by atoms with Crippen LogP contribution in [-0.4, -0.2) is 92.4 Å². The molecule has 2 aliphatic rings. The van der Waals surface area contributed by atoms with Crippen molar-refractivity contribution in [3.8, 4) is 6.07 Å². The molecule has 6 atom stereocenters. The summed E-state index contributed by atoms with van der Waals surface area (Å²) in [6.07, 6.45) is 9.59. The number of benzene rings is 1. The predicted molar refractivity (Wildman–Crippen MR) is 166 cm³/mol. The maximum atomic E-state index is 14.3. The van der Waals surface area contributed by atoms with Crippen molar-refractivity contribution in [3.05, 3.63) is 53.6 Å². The lowest BCUT2D eigenvalue weighted by atomic mass is 9.92. The highest BCUT2D eigenvalue weighted by Crippen LogP contribution is 2.35. The molecule has 2 amide bonds. The number of aromatic amines is 1. The van der Waals surface area contributed by atoms with Gasteiger partial charge in [-0.15, -0.1) is 0 Å². The normalized spacial score (nSPS) is 23.5. The Morgan fingerprint density at radius 3 is 2.49 bits per heavy atom. The number of nitrogens with zero attached hydrogens (tertiary/aromatic N) is 4. The maximum absolute atomic E-state index is 14.3. The summed E-state index contributed by atoms with van der Waals surface area (Å²) in [6.45, 7) is 6.20. The molecule has 2 aromatic rings. The van der Waals surface area contributed by atoms with Crippen LogP contribution in [0.15, 0.2) is 36.8 Å². The minimum absolute atomic E-state index is 0.0322. The summed E-state index contributed by atoms with van der Waals surface area (Å²) in [5, 5.41) is 21.8. The number of carboxylic acid groups (broad SMARTS) is 1. The molecule has 3 N–H and O–H groups in total. The van der Waals surface area contributed by atoms with E-state index in [1.807, 2.05) is 23.3 Å². The van der Waals surface area contributed by atoms with Crippen LogP contribution in [0.3, 0.4) is 0 Å². The second-order valence-electron chi connectivity index (χ2n) is 11.7. The molecule has 232 valence electrons. The van der Waals surface area contributed by atoms with Gasteiger partial charge in [-0.1, -0.05) is 38.8 Å². The zero-order valence-electron chi connectivity index (χ0n) is 25.4. The standard InChI is InChI=1S/C32H44N6O4S/c1-4-23-11-14-38(31(40)25(27-18-34-20-35-27)16-21-6-8-22(17-33)9-7-21)28(23)19-37-13-10-24(5-2)29(37)30(39)36-26(32(41)42)12-15-43-3/h6-9,18,20,23-26,28-29H,4-5,10-16,19H2,1-3H3,(H,34,35)(H,36,39)(H,41,42)/t23-,24-,25?,26?,28+,29?/m0/s1. The number of hydrogen-bond acceptors (Lipinski definition) is 7. The van der Waals surface area contributed by atoms with Crippen molar-refractivity contribution in [1.29, 1.82) is 5.26 Å². The molecule has 0 radical (unpaired) electrons. The molecular formula is C32H44N6O4S. The lowest BCUT2D eigenvalue weighted by Crippen LogP contribution is -2.55. The average Bonchev–Trinajstić information content (AvgIpc) is 3.78. The molecule has 0 spiro atoms. The molecule has 1 aromatic heterocycles. The van der Waals surface area contributed by atoms with E-state index in [1.165, 1.54) is 0 Å². The van der Waals surface area contributed by atoms with Crippen LogP contribution in [0.25, 0.3) is 0 Å². The fourth-order valence-corrected chi connectivity index (χ4v) is 7.25. The summed E-state index contributed by atoms with van der Waals surface area (Å²) >= 11 is 1.56. The SMILES string of the molecule is CC[C@H]1CCN(C[C@@H]2[C@@H](CC)CCN2C(=O)C(Cc2ccc(C#N)cc2)c2cnc[nH]2)C1C(=O)NC(CCSC)C(=O)O. The number of likely N-dealkylation sites (tertiary alicyclic amines) is 2. The van der Waals surface area contributed by atoms with Gasteiger partial charge >= 0.3 is 5.97 Å². The number of H-pyrrole nitrogens is 1. The van der Waals surface area contributed by atoms with E-state index in [0.29, 0.717) is 43.2 Å². The largest absolute Gasteiger partial charge is 0.480 e. The number of rotatable bonds is 14. The van der Waals surface area contributed by atoms with Crippen LogP contribution >= 0.6 is 11.8 Å². The number of thioether (sulfide) groups is 1. The Balaban J connectivity index is 1.55. The topological polar surface area (TPSA) is 142 Å². The molecule has 1 aromatic carbocycles. The van der Waals surface area contributed by atoms with Crippen molar-refractivity contribution in [2.45, 2.75) is 76.4 Å². The highest BCUT2D eigenvalue weighted by atomic mass is 32.2. The summed E-state index contributed by atoms with van der Waals surface area (Å²) in [7, 11) is 0. The number of nitrogens with one attached hydrogen (secondary N) is 2. The van der Waals surface area contributed by atoms with Crippen LogP contribution in [0.1, 0.15) is 68.7 Å². The minimum Gasteiger partial charge on any atom is -0.480 e. The van der Waals surface area contributed by atoms with Gasteiger partial charge in [0.05, 0.1) is 29.9 Å². The summed E-state index contributed by atoms with van der Waals surface area (Å²) in [4.78, 5) is 51.4. The third-order valence-corrected chi connectivity index (χ3v) is 9.92. The summed E-state index contributed by atoms with van der Waals surface area (Å²) in [6, 6.07) is 8.10. The molecule has 2 saturated heterocycles. The number of carbonyl (C=O) groups is 3. The van der Waals surface area contributed by atoms with Crippen molar-refractivity contribution in [3.63, 3.8) is 0 Å². The van der Waals surface area contributed by atoms with E-state index in [-0.39, 0.29) is 23.8 Å². The number of aliphatic carboxylic acids is 1. The first-order valence-corrected chi connectivity index (χ1v) is 16.7. The van der Waals surface area contributed by atoms with Gasteiger partial charge in [-0.05, 0) is 73.8 Å². The Morgan fingerprint density at radius 2 is 1.88 bits per heavy atom. The van der Waals surface area contributed by atoms with E-state index in [0.717, 1.165) is 43.5 Å². The average molecular weight is 609 g/mol. The number of carboxylic acids is 1. The molecule has 43 heavy (non-hydrogen) atoms. The highest BCUT2D eigenvalue weighted by molar-refractivity contribution is 7.98. The minimum atomic E-state index is -1.01. The quantitative estimate of drug-likeness (QED) is 0.295. The number of hydrogen-bond donors (Lipinski definition) is 3. The second kappa shape index (κ2) is 15.4. The van der Waals surface area contributed by atoms with Crippen LogP contribution in [0.5, 0.6) is 0 Å². The number of aromatic nitrogens is 2. The molecule has 10 nitrogen and oxygen atoms in total. The fourth-order valence-electron chi connectivity index (χ4n) is 6.78. The van der Waals surface area contributed by atoms with E-state index in [4.69, 9.17) is 0 Å². The third-order valence-electron chi connectivity index (χ3n) is 9.28. The van der Waals surface area contributed by atoms with E-state index >= 15 is 0 Å². The zero-order valence-corrected chi connectivity index (χ0v) is 26.2. The Bertz CT molecular complexity index is 1260. The number of carbonyl (C=O) groups excluding carboxylic acids is 2. The van der Waals surface area contributed by atoms with Crippen LogP contribution in [0.2, 0.25) is 0 Å². The molecule has 0 aliphatic carbocycles. The number of imidazole rings is 1. The monoisotopic (exact) mass is 608 g/mol. The molecule has 2 aliphatic heterocycles. The summed E-state index contributed by atoms with van der Waals surface area (Å²) in [5.41, 5.74) is 2.29. The maximum Gasteiger partial charge on any atom is 0.326 e. The Hall–Kier alpha value is -3.36. The van der Waals surface area contributed by atoms with Gasteiger partial charge in [-0.3, -0.25) is 14.5 Å². The second-order valence-corrected chi connectivity index (χ2v) is 12.7. The van der Waals surface area contributed by atoms with Gasteiger partial charge in [0.2, 0.25) is 11.8 Å². The van der Waals surface area contributed by atoms with Gasteiger partial charge in [0, 0.05) is 31.0 Å². The van der Waals surface area contributed by atoms with Gasteiger partial charge in [-0.2, -0.15) is 17.0 Å². The van der Waals surface area contributed by atoms with E-state index < -0.39 is 24.0 Å². The van der Waals surface area contributed by atoms with Crippen LogP contribution in [-0.2, 0) is 20.8 Å². The molecule has 11 heteroatoms. The van der Waals surface area contributed by atoms with Crippen molar-refractivity contribution >= 4 is 29.5 Å². The summed E-state index contributed by atoms with van der Waals surface area (Å²) in [5.74, 6) is -0.565.